The molecule has 0 bridgehead atoms. The van der Waals surface area contributed by atoms with Gasteiger partial charge in [-0.2, -0.15) is 0 Å². The Kier molecular flexibility index (Phi) is 2.12. The summed E-state index contributed by atoms with van der Waals surface area (Å²) in [5.74, 6) is 0.901. The lowest BCUT2D eigenvalue weighted by atomic mass is 9.83. The highest BCUT2D eigenvalue weighted by molar-refractivity contribution is 5.32. The Morgan fingerprint density at radius 1 is 1.00 bits per heavy atom. The van der Waals surface area contributed by atoms with Gasteiger partial charge >= 0.3 is 0 Å². The summed E-state index contributed by atoms with van der Waals surface area (Å²) in [6, 6.07) is 9.24. The molecule has 0 saturated heterocycles. The van der Waals surface area contributed by atoms with Gasteiger partial charge in [-0.25, -0.2) is 0 Å². The third-order valence-electron chi connectivity index (χ3n) is 4.52. The van der Waals surface area contributed by atoms with Crippen LogP contribution in [0.15, 0.2) is 24.3 Å². The molecule has 0 aliphatic heterocycles. The lowest BCUT2D eigenvalue weighted by Gasteiger charge is -2.22. The Labute approximate surface area is 92.7 Å². The maximum atomic E-state index is 2.35. The fourth-order valence-electron chi connectivity index (χ4n) is 3.43. The summed E-state index contributed by atoms with van der Waals surface area (Å²) in [5, 5.41) is 0. The van der Waals surface area contributed by atoms with E-state index in [0.717, 1.165) is 11.3 Å². The first-order valence-electron chi connectivity index (χ1n) is 6.37. The monoisotopic (exact) mass is 200 g/mol. The fourth-order valence-corrected chi connectivity index (χ4v) is 3.43. The third-order valence-corrected chi connectivity index (χ3v) is 4.52. The van der Waals surface area contributed by atoms with Crippen molar-refractivity contribution in [1.29, 1.82) is 0 Å². The summed E-state index contributed by atoms with van der Waals surface area (Å²) in [5.41, 5.74) is 3.73. The predicted octanol–water partition coefficient (Wildman–Crippen LogP) is 4.43. The van der Waals surface area contributed by atoms with E-state index in [0.29, 0.717) is 0 Å². The molecule has 0 unspecified atom stereocenters. The first kappa shape index (κ1) is 9.45. The molecule has 80 valence electrons. The van der Waals surface area contributed by atoms with Crippen LogP contribution < -0.4 is 0 Å². The van der Waals surface area contributed by atoms with Crippen molar-refractivity contribution in [1.82, 2.24) is 0 Å². The van der Waals surface area contributed by atoms with E-state index >= 15 is 0 Å². The van der Waals surface area contributed by atoms with Gasteiger partial charge in [-0.3, -0.25) is 0 Å². The molecule has 1 aromatic rings. The molecule has 2 fully saturated rings. The third kappa shape index (κ3) is 1.60. The number of aryl methyl sites for hydroxylation is 1. The molecule has 0 N–H and O–H groups in total. The molecule has 0 amide bonds. The lowest BCUT2D eigenvalue weighted by molar-refractivity contribution is 0.326. The van der Waals surface area contributed by atoms with Gasteiger partial charge in [0, 0.05) is 0 Å². The fraction of sp³-hybridized carbons (Fsp3) is 0.600. The highest BCUT2D eigenvalue weighted by atomic mass is 14.6. The van der Waals surface area contributed by atoms with Crippen LogP contribution in [-0.4, -0.2) is 0 Å². The number of benzene rings is 1. The zero-order valence-electron chi connectivity index (χ0n) is 9.63. The summed E-state index contributed by atoms with van der Waals surface area (Å²) in [6.45, 7) is 2.17. The van der Waals surface area contributed by atoms with Crippen molar-refractivity contribution >= 4 is 0 Å². The molecular weight excluding hydrogens is 180 g/mol. The smallest absolute Gasteiger partial charge is 0.00996 e. The van der Waals surface area contributed by atoms with E-state index in [1.807, 2.05) is 0 Å². The molecule has 0 heteroatoms. The highest BCUT2D eigenvalue weighted by Crippen LogP contribution is 2.66. The van der Waals surface area contributed by atoms with Crippen LogP contribution in [0.5, 0.6) is 0 Å². The van der Waals surface area contributed by atoms with Crippen LogP contribution in [0.4, 0.5) is 0 Å². The standard InChI is InChI=1S/C15H20/c1-12-5-7-13(8-6-12)14-11-15(14)9-3-2-4-10-15/h5-8,14H,2-4,9-11H2,1H3/t14-/m1/s1. The summed E-state index contributed by atoms with van der Waals surface area (Å²) < 4.78 is 0. The second-order valence-electron chi connectivity index (χ2n) is 5.59. The van der Waals surface area contributed by atoms with Crippen LogP contribution in [0.3, 0.4) is 0 Å². The van der Waals surface area contributed by atoms with Crippen molar-refractivity contribution in [2.24, 2.45) is 5.41 Å². The van der Waals surface area contributed by atoms with E-state index in [4.69, 9.17) is 0 Å². The Hall–Kier alpha value is -0.780. The summed E-state index contributed by atoms with van der Waals surface area (Å²) in [4.78, 5) is 0. The lowest BCUT2D eigenvalue weighted by Crippen LogP contribution is -2.08. The molecule has 0 aromatic heterocycles. The average Bonchev–Trinajstić information content (AvgIpc) is 2.94. The SMILES string of the molecule is Cc1ccc([C@H]2CC23CCCCC3)cc1. The second-order valence-corrected chi connectivity index (χ2v) is 5.59. The average molecular weight is 200 g/mol. The molecule has 1 spiro atoms. The van der Waals surface area contributed by atoms with Crippen LogP contribution in [0.25, 0.3) is 0 Å². The van der Waals surface area contributed by atoms with Gasteiger partial charge in [-0.05, 0) is 43.1 Å². The second kappa shape index (κ2) is 3.37. The van der Waals surface area contributed by atoms with E-state index < -0.39 is 0 Å². The van der Waals surface area contributed by atoms with Gasteiger partial charge < -0.3 is 0 Å². The topological polar surface area (TPSA) is 0 Å². The maximum Gasteiger partial charge on any atom is -0.00996 e. The van der Waals surface area contributed by atoms with E-state index in [-0.39, 0.29) is 0 Å². The van der Waals surface area contributed by atoms with Crippen LogP contribution >= 0.6 is 0 Å². The van der Waals surface area contributed by atoms with Crippen LogP contribution in [0.1, 0.15) is 55.6 Å². The first-order valence-corrected chi connectivity index (χ1v) is 6.37. The Morgan fingerprint density at radius 3 is 2.33 bits per heavy atom. The van der Waals surface area contributed by atoms with E-state index in [2.05, 4.69) is 31.2 Å². The van der Waals surface area contributed by atoms with E-state index in [1.54, 1.807) is 5.56 Å². The Balaban J connectivity index is 1.77. The van der Waals surface area contributed by atoms with Gasteiger partial charge in [-0.15, -0.1) is 0 Å². The summed E-state index contributed by atoms with van der Waals surface area (Å²) in [6.07, 6.45) is 8.88. The van der Waals surface area contributed by atoms with Crippen molar-refractivity contribution in [3.63, 3.8) is 0 Å². The minimum Gasteiger partial charge on any atom is -0.0590 e. The molecule has 15 heavy (non-hydrogen) atoms. The predicted molar refractivity (Wildman–Crippen MR) is 64.1 cm³/mol. The van der Waals surface area contributed by atoms with Gasteiger partial charge in [0.05, 0.1) is 0 Å². The van der Waals surface area contributed by atoms with Crippen molar-refractivity contribution in [3.05, 3.63) is 35.4 Å². The van der Waals surface area contributed by atoms with Gasteiger partial charge in [0.25, 0.3) is 0 Å². The van der Waals surface area contributed by atoms with E-state index in [9.17, 15) is 0 Å². The molecule has 2 saturated carbocycles. The molecule has 2 aliphatic rings. The molecule has 1 aromatic carbocycles. The first-order chi connectivity index (χ1) is 7.30. The van der Waals surface area contributed by atoms with Gasteiger partial charge in [0.15, 0.2) is 0 Å². The highest BCUT2D eigenvalue weighted by Gasteiger charge is 2.53. The van der Waals surface area contributed by atoms with Crippen LogP contribution in [-0.2, 0) is 0 Å². The largest absolute Gasteiger partial charge is 0.0590 e. The maximum absolute atomic E-state index is 2.35. The van der Waals surface area contributed by atoms with Gasteiger partial charge in [-0.1, -0.05) is 49.1 Å². The van der Waals surface area contributed by atoms with Crippen LogP contribution in [0.2, 0.25) is 0 Å². The summed E-state index contributed by atoms with van der Waals surface area (Å²) in [7, 11) is 0. The molecule has 2 aliphatic carbocycles. The quantitative estimate of drug-likeness (QED) is 0.629. The molecule has 3 rings (SSSR count). The molecule has 0 radical (unpaired) electrons. The van der Waals surface area contributed by atoms with Crippen molar-refractivity contribution in [3.8, 4) is 0 Å². The summed E-state index contributed by atoms with van der Waals surface area (Å²) >= 11 is 0. The van der Waals surface area contributed by atoms with E-state index in [1.165, 1.54) is 44.1 Å². The minimum atomic E-state index is 0.744. The van der Waals surface area contributed by atoms with Crippen molar-refractivity contribution in [2.75, 3.05) is 0 Å². The minimum absolute atomic E-state index is 0.744. The van der Waals surface area contributed by atoms with Crippen molar-refractivity contribution in [2.45, 2.75) is 51.4 Å². The molecule has 1 atom stereocenters. The Bertz CT molecular complexity index is 341. The number of rotatable bonds is 1. The van der Waals surface area contributed by atoms with Gasteiger partial charge in [0.2, 0.25) is 0 Å². The number of hydrogen-bond acceptors (Lipinski definition) is 0. The molecule has 0 heterocycles. The van der Waals surface area contributed by atoms with Crippen LogP contribution in [0, 0.1) is 12.3 Å². The zero-order valence-corrected chi connectivity index (χ0v) is 9.63. The number of hydrogen-bond donors (Lipinski definition) is 0. The van der Waals surface area contributed by atoms with Gasteiger partial charge in [0.1, 0.15) is 0 Å². The molecule has 0 nitrogen and oxygen atoms in total. The van der Waals surface area contributed by atoms with Crippen molar-refractivity contribution < 1.29 is 0 Å². The molecular formula is C15H20. The zero-order chi connectivity index (χ0) is 10.3. The Morgan fingerprint density at radius 2 is 1.67 bits per heavy atom. The normalized spacial score (nSPS) is 27.9.